The summed E-state index contributed by atoms with van der Waals surface area (Å²) in [6, 6.07) is 0.127. The van der Waals surface area contributed by atoms with Gasteiger partial charge in [0.15, 0.2) is 0 Å². The van der Waals surface area contributed by atoms with Gasteiger partial charge in [-0.3, -0.25) is 4.90 Å². The van der Waals surface area contributed by atoms with Crippen molar-refractivity contribution in [1.82, 2.24) is 15.1 Å². The zero-order valence-corrected chi connectivity index (χ0v) is 12.6. The molecule has 0 radical (unpaired) electrons. The van der Waals surface area contributed by atoms with Crippen molar-refractivity contribution in [2.45, 2.75) is 51.4 Å². The minimum atomic E-state index is -4.21. The molecule has 2 heterocycles. The van der Waals surface area contributed by atoms with Gasteiger partial charge in [-0.15, -0.1) is 0 Å². The Morgan fingerprint density at radius 1 is 1.19 bits per heavy atom. The number of nitrogens with zero attached hydrogens (tertiary/aromatic N) is 2. The van der Waals surface area contributed by atoms with Crippen LogP contribution in [0, 0.1) is 5.92 Å². The zero-order chi connectivity index (χ0) is 15.6. The predicted octanol–water partition coefficient (Wildman–Crippen LogP) is 2.45. The van der Waals surface area contributed by atoms with Crippen LogP contribution in [0.25, 0.3) is 0 Å². The van der Waals surface area contributed by atoms with E-state index in [-0.39, 0.29) is 25.0 Å². The normalized spacial score (nSPS) is 28.2. The number of rotatable bonds is 2. The molecule has 122 valence electrons. The highest BCUT2D eigenvalue weighted by atomic mass is 19.4. The molecule has 2 saturated heterocycles. The van der Waals surface area contributed by atoms with Crippen molar-refractivity contribution in [3.8, 4) is 0 Å². The fourth-order valence-electron chi connectivity index (χ4n) is 3.07. The summed E-state index contributed by atoms with van der Waals surface area (Å²) in [6.45, 7) is 6.11. The second-order valence-electron chi connectivity index (χ2n) is 6.35. The van der Waals surface area contributed by atoms with Gasteiger partial charge in [0.2, 0.25) is 0 Å². The number of halogens is 3. The Morgan fingerprint density at radius 3 is 2.48 bits per heavy atom. The number of carbonyl (C=O) groups is 1. The van der Waals surface area contributed by atoms with E-state index in [4.69, 9.17) is 0 Å². The summed E-state index contributed by atoms with van der Waals surface area (Å²) in [5, 5.41) is 2.88. The monoisotopic (exact) mass is 307 g/mol. The van der Waals surface area contributed by atoms with Crippen LogP contribution in [0.4, 0.5) is 18.0 Å². The molecule has 2 atom stereocenters. The number of likely N-dealkylation sites (tertiary alicyclic amines) is 2. The quantitative estimate of drug-likeness (QED) is 0.850. The van der Waals surface area contributed by atoms with Crippen LogP contribution in [-0.4, -0.2) is 60.3 Å². The molecule has 7 heteroatoms. The van der Waals surface area contributed by atoms with Gasteiger partial charge in [-0.1, -0.05) is 0 Å². The largest absolute Gasteiger partial charge is 0.393 e. The highest BCUT2D eigenvalue weighted by Gasteiger charge is 2.43. The number of hydrogen-bond donors (Lipinski definition) is 1. The number of urea groups is 1. The highest BCUT2D eigenvalue weighted by Crippen LogP contribution is 2.33. The number of amides is 2. The van der Waals surface area contributed by atoms with Crippen LogP contribution in [0.3, 0.4) is 0 Å². The molecular weight excluding hydrogens is 283 g/mol. The minimum absolute atomic E-state index is 0.0474. The minimum Gasteiger partial charge on any atom is -0.334 e. The van der Waals surface area contributed by atoms with Crippen LogP contribution in [0.15, 0.2) is 0 Å². The molecule has 0 aromatic carbocycles. The predicted molar refractivity (Wildman–Crippen MR) is 74.0 cm³/mol. The third-order valence-electron chi connectivity index (χ3n) is 4.45. The van der Waals surface area contributed by atoms with E-state index < -0.39 is 12.1 Å². The third-order valence-corrected chi connectivity index (χ3v) is 4.45. The fraction of sp³-hybridized carbons (Fsp3) is 0.929. The molecule has 0 aromatic heterocycles. The first-order valence-electron chi connectivity index (χ1n) is 7.63. The maximum atomic E-state index is 12.8. The van der Waals surface area contributed by atoms with Gasteiger partial charge < -0.3 is 10.2 Å². The first-order valence-corrected chi connectivity index (χ1v) is 7.63. The molecule has 0 bridgehead atoms. The van der Waals surface area contributed by atoms with E-state index in [1.807, 2.05) is 0 Å². The van der Waals surface area contributed by atoms with Crippen molar-refractivity contribution < 1.29 is 18.0 Å². The summed E-state index contributed by atoms with van der Waals surface area (Å²) in [7, 11) is 0. The number of carbonyl (C=O) groups excluding carboxylic acids is 1. The Labute approximate surface area is 123 Å². The lowest BCUT2D eigenvalue weighted by atomic mass is 9.98. The van der Waals surface area contributed by atoms with Crippen molar-refractivity contribution in [3.63, 3.8) is 0 Å². The van der Waals surface area contributed by atoms with Crippen molar-refractivity contribution in [2.24, 2.45) is 5.92 Å². The Bertz CT molecular complexity index is 373. The molecule has 2 aliphatic rings. The molecule has 2 unspecified atom stereocenters. The van der Waals surface area contributed by atoms with Gasteiger partial charge in [-0.25, -0.2) is 4.79 Å². The van der Waals surface area contributed by atoms with Crippen LogP contribution in [0.2, 0.25) is 0 Å². The number of hydrogen-bond acceptors (Lipinski definition) is 2. The molecule has 2 amide bonds. The Kier molecular flexibility index (Phi) is 5.01. The van der Waals surface area contributed by atoms with E-state index in [1.165, 1.54) is 4.90 Å². The summed E-state index contributed by atoms with van der Waals surface area (Å²) in [6.07, 6.45) is -2.81. The molecule has 2 fully saturated rings. The van der Waals surface area contributed by atoms with Crippen LogP contribution in [0.1, 0.15) is 33.1 Å². The van der Waals surface area contributed by atoms with Crippen LogP contribution < -0.4 is 5.32 Å². The van der Waals surface area contributed by atoms with Crippen LogP contribution in [-0.2, 0) is 0 Å². The second-order valence-corrected chi connectivity index (χ2v) is 6.35. The first kappa shape index (κ1) is 16.4. The van der Waals surface area contributed by atoms with E-state index >= 15 is 0 Å². The van der Waals surface area contributed by atoms with E-state index in [1.54, 1.807) is 0 Å². The van der Waals surface area contributed by atoms with Gasteiger partial charge >= 0.3 is 12.2 Å². The molecule has 4 nitrogen and oxygen atoms in total. The van der Waals surface area contributed by atoms with Crippen LogP contribution >= 0.6 is 0 Å². The van der Waals surface area contributed by atoms with Gasteiger partial charge in [0.05, 0.1) is 5.92 Å². The lowest BCUT2D eigenvalue weighted by Crippen LogP contribution is -2.51. The smallest absolute Gasteiger partial charge is 0.334 e. The molecule has 21 heavy (non-hydrogen) atoms. The fourth-order valence-corrected chi connectivity index (χ4v) is 3.07. The molecule has 0 aliphatic carbocycles. The summed E-state index contributed by atoms with van der Waals surface area (Å²) in [4.78, 5) is 15.7. The van der Waals surface area contributed by atoms with Crippen LogP contribution in [0.5, 0.6) is 0 Å². The third kappa shape index (κ3) is 4.25. The molecule has 0 saturated carbocycles. The molecule has 1 N–H and O–H groups in total. The van der Waals surface area contributed by atoms with Crippen molar-refractivity contribution in [3.05, 3.63) is 0 Å². The zero-order valence-electron chi connectivity index (χ0n) is 12.6. The molecule has 0 spiro atoms. The summed E-state index contributed by atoms with van der Waals surface area (Å²) < 4.78 is 38.3. The number of nitrogens with one attached hydrogen (secondary N) is 1. The maximum Gasteiger partial charge on any atom is 0.393 e. The molecule has 2 rings (SSSR count). The molecular formula is C14H24F3N3O. The summed E-state index contributed by atoms with van der Waals surface area (Å²) in [5.41, 5.74) is 0. The maximum absolute atomic E-state index is 12.8. The second kappa shape index (κ2) is 6.42. The molecule has 2 aliphatic heterocycles. The van der Waals surface area contributed by atoms with E-state index in [2.05, 4.69) is 24.1 Å². The average Bonchev–Trinajstić information content (AvgIpc) is 2.86. The van der Waals surface area contributed by atoms with Gasteiger partial charge in [-0.2, -0.15) is 13.2 Å². The lowest BCUT2D eigenvalue weighted by Gasteiger charge is -2.34. The topological polar surface area (TPSA) is 35.6 Å². The van der Waals surface area contributed by atoms with Crippen molar-refractivity contribution in [2.75, 3.05) is 26.2 Å². The summed E-state index contributed by atoms with van der Waals surface area (Å²) in [5.74, 6) is -1.38. The number of piperidine rings is 1. The highest BCUT2D eigenvalue weighted by molar-refractivity contribution is 5.74. The SMILES string of the molecule is CC(C)N1CCC(NC(=O)N2CCCC(C(F)(F)F)C2)C1. The number of alkyl halides is 3. The van der Waals surface area contributed by atoms with E-state index in [0.29, 0.717) is 19.0 Å². The van der Waals surface area contributed by atoms with Gasteiger partial charge in [0.1, 0.15) is 0 Å². The Morgan fingerprint density at radius 2 is 1.90 bits per heavy atom. The van der Waals surface area contributed by atoms with Crippen molar-refractivity contribution >= 4 is 6.03 Å². The standard InChI is InChI=1S/C14H24F3N3O/c1-10(2)19-7-5-12(9-19)18-13(21)20-6-3-4-11(8-20)14(15,16)17/h10-12H,3-9H2,1-2H3,(H,18,21). The summed E-state index contributed by atoms with van der Waals surface area (Å²) >= 11 is 0. The van der Waals surface area contributed by atoms with Gasteiger partial charge in [0.25, 0.3) is 0 Å². The van der Waals surface area contributed by atoms with E-state index in [0.717, 1.165) is 19.5 Å². The van der Waals surface area contributed by atoms with E-state index in [9.17, 15) is 18.0 Å². The van der Waals surface area contributed by atoms with Crippen molar-refractivity contribution in [1.29, 1.82) is 0 Å². The first-order chi connectivity index (χ1) is 9.77. The Balaban J connectivity index is 1.83. The van der Waals surface area contributed by atoms with Gasteiger partial charge in [0, 0.05) is 38.3 Å². The molecule has 0 aromatic rings. The Hall–Kier alpha value is -0.980. The van der Waals surface area contributed by atoms with Gasteiger partial charge in [-0.05, 0) is 33.1 Å². The lowest BCUT2D eigenvalue weighted by molar-refractivity contribution is -0.184. The average molecular weight is 307 g/mol.